The lowest BCUT2D eigenvalue weighted by molar-refractivity contribution is 0.0727. The maximum atomic E-state index is 13.0. The lowest BCUT2D eigenvalue weighted by Gasteiger charge is -2.15. The van der Waals surface area contributed by atoms with Gasteiger partial charge < -0.3 is 29.0 Å². The zero-order chi connectivity index (χ0) is 35.1. The number of hydrazone groups is 1. The van der Waals surface area contributed by atoms with Gasteiger partial charge in [0.2, 0.25) is 5.75 Å². The molecule has 0 aliphatic carbocycles. The zero-order valence-corrected chi connectivity index (χ0v) is 28.9. The first-order chi connectivity index (χ1) is 23.6. The number of ether oxygens (including phenoxy) is 5. The van der Waals surface area contributed by atoms with Gasteiger partial charge in [0, 0.05) is 26.4 Å². The molecule has 0 spiro atoms. The van der Waals surface area contributed by atoms with E-state index in [1.807, 2.05) is 0 Å². The predicted octanol–water partition coefficient (Wildman–Crippen LogP) is 7.87. The first kappa shape index (κ1) is 35.0. The smallest absolute Gasteiger partial charge is 0.343 e. The fourth-order valence-corrected chi connectivity index (χ4v) is 6.31. The van der Waals surface area contributed by atoms with E-state index in [-0.39, 0.29) is 23.0 Å². The second kappa shape index (κ2) is 15.7. The zero-order valence-electron chi connectivity index (χ0n) is 26.6. The van der Waals surface area contributed by atoms with Crippen molar-refractivity contribution in [2.24, 2.45) is 5.10 Å². The third-order valence-corrected chi connectivity index (χ3v) is 8.84. The SMILES string of the molecule is CCOc1cc(/C=N\NC(=O)c2ccc(NC(=O)c3sc4cc(Cl)ccc4c3Cl)cc2)ccc1OC(=O)c1cc(OC)c(OC)c(OC)c1. The van der Waals surface area contributed by atoms with E-state index in [1.165, 1.54) is 51.0 Å². The van der Waals surface area contributed by atoms with Crippen molar-refractivity contribution in [3.05, 3.63) is 104 Å². The molecule has 2 N–H and O–H groups in total. The molecule has 5 aromatic rings. The van der Waals surface area contributed by atoms with Gasteiger partial charge in [-0.05, 0) is 79.2 Å². The second-order valence-corrected chi connectivity index (χ2v) is 11.9. The molecule has 0 saturated heterocycles. The number of thiophene rings is 1. The van der Waals surface area contributed by atoms with Crippen LogP contribution in [0.4, 0.5) is 5.69 Å². The van der Waals surface area contributed by atoms with Crippen LogP contribution in [0.5, 0.6) is 28.7 Å². The monoisotopic (exact) mass is 721 g/mol. The number of carbonyl (C=O) groups excluding carboxylic acids is 3. The van der Waals surface area contributed by atoms with E-state index in [0.29, 0.717) is 55.6 Å². The van der Waals surface area contributed by atoms with E-state index in [2.05, 4.69) is 15.8 Å². The van der Waals surface area contributed by atoms with Crippen LogP contribution in [0.15, 0.2) is 77.9 Å². The summed E-state index contributed by atoms with van der Waals surface area (Å²) in [6, 6.07) is 19.3. The van der Waals surface area contributed by atoms with Gasteiger partial charge in [0.05, 0.1) is 44.7 Å². The summed E-state index contributed by atoms with van der Waals surface area (Å²) in [6.07, 6.45) is 1.42. The average Bonchev–Trinajstić information content (AvgIpc) is 3.43. The number of nitrogens with zero attached hydrogens (tertiary/aromatic N) is 1. The summed E-state index contributed by atoms with van der Waals surface area (Å²) in [5.41, 5.74) is 4.00. The average molecular weight is 723 g/mol. The molecule has 0 atom stereocenters. The highest BCUT2D eigenvalue weighted by atomic mass is 35.5. The molecule has 0 radical (unpaired) electrons. The summed E-state index contributed by atoms with van der Waals surface area (Å²) in [4.78, 5) is 39.0. The number of hydrogen-bond acceptors (Lipinski definition) is 10. The standard InChI is InChI=1S/C35H29Cl2N3O8S/c1-5-47-26-14-19(6-13-25(26)48-35(43)21-15-27(44-2)31(46-4)28(16-21)45-3)18-38-40-33(41)20-7-10-23(11-8-20)39-34(42)32-30(37)24-12-9-22(36)17-29(24)49-32/h6-18H,5H2,1-4H3,(H,39,42)(H,40,41)/b38-18-. The maximum Gasteiger partial charge on any atom is 0.343 e. The van der Waals surface area contributed by atoms with Gasteiger partial charge in [-0.15, -0.1) is 11.3 Å². The molecule has 0 unspecified atom stereocenters. The van der Waals surface area contributed by atoms with Gasteiger partial charge in [0.15, 0.2) is 23.0 Å². The molecule has 11 nitrogen and oxygen atoms in total. The molecule has 5 rings (SSSR count). The summed E-state index contributed by atoms with van der Waals surface area (Å²) in [5, 5.41) is 8.48. The van der Waals surface area contributed by atoms with E-state index >= 15 is 0 Å². The lowest BCUT2D eigenvalue weighted by Crippen LogP contribution is -2.17. The number of hydrogen-bond donors (Lipinski definition) is 2. The lowest BCUT2D eigenvalue weighted by atomic mass is 10.1. The maximum absolute atomic E-state index is 13.0. The van der Waals surface area contributed by atoms with E-state index in [1.54, 1.807) is 67.6 Å². The van der Waals surface area contributed by atoms with Gasteiger partial charge in [0.1, 0.15) is 4.88 Å². The highest BCUT2D eigenvalue weighted by molar-refractivity contribution is 7.21. The van der Waals surface area contributed by atoms with E-state index < -0.39 is 11.9 Å². The van der Waals surface area contributed by atoms with E-state index in [4.69, 9.17) is 46.9 Å². The number of methoxy groups -OCH3 is 3. The molecule has 0 bridgehead atoms. The van der Waals surface area contributed by atoms with Crippen LogP contribution in [0.1, 0.15) is 42.9 Å². The van der Waals surface area contributed by atoms with Crippen LogP contribution >= 0.6 is 34.5 Å². The molecular formula is C35H29Cl2N3O8S. The number of rotatable bonds is 12. The van der Waals surface area contributed by atoms with Crippen molar-refractivity contribution in [3.8, 4) is 28.7 Å². The Hall–Kier alpha value is -5.30. The Morgan fingerprint density at radius 1 is 0.796 bits per heavy atom. The van der Waals surface area contributed by atoms with Crippen LogP contribution in [0, 0.1) is 0 Å². The Morgan fingerprint density at radius 3 is 2.16 bits per heavy atom. The molecular weight excluding hydrogens is 693 g/mol. The van der Waals surface area contributed by atoms with Crippen molar-refractivity contribution in [1.29, 1.82) is 0 Å². The minimum Gasteiger partial charge on any atom is -0.493 e. The van der Waals surface area contributed by atoms with Gasteiger partial charge in [-0.1, -0.05) is 29.3 Å². The Bertz CT molecular complexity index is 2040. The number of benzene rings is 4. The topological polar surface area (TPSA) is 134 Å². The third kappa shape index (κ3) is 8.06. The predicted molar refractivity (Wildman–Crippen MR) is 190 cm³/mol. The fraction of sp³-hybridized carbons (Fsp3) is 0.143. The largest absolute Gasteiger partial charge is 0.493 e. The summed E-state index contributed by atoms with van der Waals surface area (Å²) in [7, 11) is 4.36. The molecule has 252 valence electrons. The molecule has 14 heteroatoms. The third-order valence-electron chi connectivity index (χ3n) is 6.95. The number of esters is 1. The fourth-order valence-electron chi connectivity index (χ4n) is 4.62. The van der Waals surface area contributed by atoms with Crippen molar-refractivity contribution >= 4 is 74.3 Å². The van der Waals surface area contributed by atoms with Crippen molar-refractivity contribution in [3.63, 3.8) is 0 Å². The number of nitrogens with one attached hydrogen (secondary N) is 2. The molecule has 4 aromatic carbocycles. The summed E-state index contributed by atoms with van der Waals surface area (Å²) >= 11 is 13.7. The van der Waals surface area contributed by atoms with Crippen LogP contribution in [-0.4, -0.2) is 51.9 Å². The number of halogens is 2. The first-order valence-electron chi connectivity index (χ1n) is 14.6. The molecule has 1 heterocycles. The Kier molecular flexibility index (Phi) is 11.2. The van der Waals surface area contributed by atoms with E-state index in [0.717, 1.165) is 10.1 Å². The van der Waals surface area contributed by atoms with Gasteiger partial charge in [-0.3, -0.25) is 9.59 Å². The quantitative estimate of drug-likeness (QED) is 0.0576. The summed E-state index contributed by atoms with van der Waals surface area (Å²) in [5.74, 6) is -0.116. The van der Waals surface area contributed by atoms with Gasteiger partial charge in [-0.25, -0.2) is 10.2 Å². The molecule has 0 saturated carbocycles. The highest BCUT2D eigenvalue weighted by Crippen LogP contribution is 2.39. The van der Waals surface area contributed by atoms with Gasteiger partial charge in [-0.2, -0.15) is 5.10 Å². The highest BCUT2D eigenvalue weighted by Gasteiger charge is 2.20. The molecule has 0 fully saturated rings. The van der Waals surface area contributed by atoms with Crippen molar-refractivity contribution in [1.82, 2.24) is 5.43 Å². The minimum absolute atomic E-state index is 0.173. The number of fused-ring (bicyclic) bond motifs is 1. The minimum atomic E-state index is -0.672. The second-order valence-electron chi connectivity index (χ2n) is 10.1. The van der Waals surface area contributed by atoms with Crippen molar-refractivity contribution < 1.29 is 38.1 Å². The van der Waals surface area contributed by atoms with Crippen molar-refractivity contribution in [2.75, 3.05) is 33.3 Å². The Balaban J connectivity index is 1.21. The van der Waals surface area contributed by atoms with Gasteiger partial charge >= 0.3 is 5.97 Å². The van der Waals surface area contributed by atoms with Crippen LogP contribution in [0.2, 0.25) is 10.0 Å². The molecule has 49 heavy (non-hydrogen) atoms. The summed E-state index contributed by atoms with van der Waals surface area (Å²) < 4.78 is 28.1. The number of anilines is 1. The molecule has 0 aliphatic heterocycles. The normalized spacial score (nSPS) is 10.9. The van der Waals surface area contributed by atoms with Crippen LogP contribution in [0.3, 0.4) is 0 Å². The van der Waals surface area contributed by atoms with E-state index in [9.17, 15) is 14.4 Å². The van der Waals surface area contributed by atoms with Gasteiger partial charge in [0.25, 0.3) is 11.8 Å². The Morgan fingerprint density at radius 2 is 1.51 bits per heavy atom. The first-order valence-corrected chi connectivity index (χ1v) is 16.1. The number of carbonyl (C=O) groups is 3. The number of amides is 2. The van der Waals surface area contributed by atoms with Crippen LogP contribution < -0.4 is 34.4 Å². The summed E-state index contributed by atoms with van der Waals surface area (Å²) in [6.45, 7) is 2.09. The van der Waals surface area contributed by atoms with Crippen LogP contribution in [-0.2, 0) is 0 Å². The molecule has 2 amide bonds. The Labute approximate surface area is 295 Å². The van der Waals surface area contributed by atoms with Crippen molar-refractivity contribution in [2.45, 2.75) is 6.92 Å². The van der Waals surface area contributed by atoms with Crippen LogP contribution in [0.25, 0.3) is 10.1 Å². The molecule has 1 aromatic heterocycles. The molecule has 0 aliphatic rings.